The van der Waals surface area contributed by atoms with Gasteiger partial charge in [-0.15, -0.1) is 0 Å². The maximum absolute atomic E-state index is 12.1. The molecule has 0 atom stereocenters. The van der Waals surface area contributed by atoms with Crippen LogP contribution in [0.15, 0.2) is 52.3 Å². The average molecular weight is 280 g/mol. The van der Waals surface area contributed by atoms with Gasteiger partial charge in [0.05, 0.1) is 12.3 Å². The Bertz CT molecular complexity index is 717. The number of sulfonamides is 1. The highest BCUT2D eigenvalue weighted by Gasteiger charge is 2.15. The summed E-state index contributed by atoms with van der Waals surface area (Å²) in [6.07, 6.45) is 1.12. The lowest BCUT2D eigenvalue weighted by atomic mass is 10.2. The fourth-order valence-electron chi connectivity index (χ4n) is 1.52. The van der Waals surface area contributed by atoms with Gasteiger partial charge in [-0.3, -0.25) is 9.52 Å². The molecule has 6 nitrogen and oxygen atoms in total. The van der Waals surface area contributed by atoms with Crippen LogP contribution in [0.1, 0.15) is 5.56 Å². The minimum Gasteiger partial charge on any atom is -0.392 e. The second kappa shape index (κ2) is 5.25. The van der Waals surface area contributed by atoms with Crippen LogP contribution < -0.4 is 10.3 Å². The summed E-state index contributed by atoms with van der Waals surface area (Å²) in [6.45, 7) is -0.273. The topological polar surface area (TPSA) is 99.3 Å². The predicted molar refractivity (Wildman–Crippen MR) is 70.2 cm³/mol. The molecule has 7 heteroatoms. The molecular weight excluding hydrogens is 268 g/mol. The van der Waals surface area contributed by atoms with Crippen molar-refractivity contribution in [2.24, 2.45) is 0 Å². The Morgan fingerprint density at radius 2 is 1.89 bits per heavy atom. The van der Waals surface area contributed by atoms with Gasteiger partial charge in [0.25, 0.3) is 10.0 Å². The minimum absolute atomic E-state index is 0.0557. The van der Waals surface area contributed by atoms with E-state index in [1.54, 1.807) is 24.3 Å². The normalized spacial score (nSPS) is 11.2. The van der Waals surface area contributed by atoms with Gasteiger partial charge in [0.2, 0.25) is 5.56 Å². The van der Waals surface area contributed by atoms with Crippen molar-refractivity contribution in [1.82, 2.24) is 4.98 Å². The molecule has 2 rings (SSSR count). The summed E-state index contributed by atoms with van der Waals surface area (Å²) in [5.41, 5.74) is 0.390. The third kappa shape index (κ3) is 3.01. The summed E-state index contributed by atoms with van der Waals surface area (Å²) in [5, 5.41) is 9.14. The summed E-state index contributed by atoms with van der Waals surface area (Å²) >= 11 is 0. The van der Waals surface area contributed by atoms with E-state index in [0.29, 0.717) is 11.3 Å². The molecule has 2 aromatic rings. The Kier molecular flexibility index (Phi) is 3.68. The fraction of sp³-hybridized carbons (Fsp3) is 0.0833. The maximum Gasteiger partial charge on any atom is 0.263 e. The van der Waals surface area contributed by atoms with Crippen molar-refractivity contribution >= 4 is 15.7 Å². The number of aliphatic hydroxyl groups excluding tert-OH is 1. The van der Waals surface area contributed by atoms with Crippen LogP contribution in [0.3, 0.4) is 0 Å². The Hall–Kier alpha value is -2.12. The molecule has 3 N–H and O–H groups in total. The first-order chi connectivity index (χ1) is 9.03. The first-order valence-corrected chi connectivity index (χ1v) is 6.91. The summed E-state index contributed by atoms with van der Waals surface area (Å²) in [7, 11) is -3.79. The van der Waals surface area contributed by atoms with Crippen molar-refractivity contribution in [3.63, 3.8) is 0 Å². The van der Waals surface area contributed by atoms with E-state index in [0.717, 1.165) is 12.3 Å². The first-order valence-electron chi connectivity index (χ1n) is 5.43. The van der Waals surface area contributed by atoms with Crippen molar-refractivity contribution in [1.29, 1.82) is 0 Å². The molecule has 0 aliphatic rings. The highest BCUT2D eigenvalue weighted by Crippen LogP contribution is 2.19. The van der Waals surface area contributed by atoms with E-state index in [9.17, 15) is 13.2 Å². The van der Waals surface area contributed by atoms with Crippen molar-refractivity contribution in [2.75, 3.05) is 4.72 Å². The molecule has 1 aromatic carbocycles. The molecule has 0 fully saturated rings. The Morgan fingerprint density at radius 3 is 2.53 bits per heavy atom. The minimum atomic E-state index is -3.79. The van der Waals surface area contributed by atoms with E-state index < -0.39 is 10.0 Å². The highest BCUT2D eigenvalue weighted by molar-refractivity contribution is 7.92. The Balaban J connectivity index is 2.36. The third-order valence-corrected chi connectivity index (χ3v) is 3.86. The van der Waals surface area contributed by atoms with Crippen molar-refractivity contribution < 1.29 is 13.5 Å². The summed E-state index contributed by atoms with van der Waals surface area (Å²) in [4.78, 5) is 13.1. The molecule has 0 bridgehead atoms. The summed E-state index contributed by atoms with van der Waals surface area (Å²) in [6, 6.07) is 8.86. The van der Waals surface area contributed by atoms with Gasteiger partial charge in [-0.25, -0.2) is 8.42 Å². The standard InChI is InChI=1S/C12H12N2O4S/c15-8-9-3-1-2-4-11(9)14-19(17,18)10-5-6-12(16)13-7-10/h1-7,14-15H,8H2,(H,13,16). The fourth-order valence-corrected chi connectivity index (χ4v) is 2.59. The van der Waals surface area contributed by atoms with E-state index in [4.69, 9.17) is 5.11 Å². The second-order valence-electron chi connectivity index (χ2n) is 3.81. The van der Waals surface area contributed by atoms with E-state index in [1.165, 1.54) is 6.07 Å². The zero-order valence-electron chi connectivity index (χ0n) is 9.83. The second-order valence-corrected chi connectivity index (χ2v) is 5.49. The molecule has 19 heavy (non-hydrogen) atoms. The SMILES string of the molecule is O=c1ccc(S(=O)(=O)Nc2ccccc2CO)c[nH]1. The largest absolute Gasteiger partial charge is 0.392 e. The number of aliphatic hydroxyl groups is 1. The van der Waals surface area contributed by atoms with Gasteiger partial charge in [-0.2, -0.15) is 0 Å². The zero-order chi connectivity index (χ0) is 13.9. The predicted octanol–water partition coefficient (Wildman–Crippen LogP) is 0.668. The van der Waals surface area contributed by atoms with Crippen LogP contribution in [0.25, 0.3) is 0 Å². The number of H-pyrrole nitrogens is 1. The average Bonchev–Trinajstić information content (AvgIpc) is 2.39. The van der Waals surface area contributed by atoms with Crippen LogP contribution in [-0.4, -0.2) is 18.5 Å². The number of pyridine rings is 1. The van der Waals surface area contributed by atoms with Crippen LogP contribution in [0, 0.1) is 0 Å². The summed E-state index contributed by atoms with van der Waals surface area (Å²) < 4.78 is 26.5. The van der Waals surface area contributed by atoms with Gasteiger partial charge in [0, 0.05) is 17.8 Å². The maximum atomic E-state index is 12.1. The molecule has 0 amide bonds. The third-order valence-electron chi connectivity index (χ3n) is 2.50. The number of hydrogen-bond donors (Lipinski definition) is 3. The lowest BCUT2D eigenvalue weighted by molar-refractivity contribution is 0.282. The number of benzene rings is 1. The number of aromatic amines is 1. The number of para-hydroxylation sites is 1. The lowest BCUT2D eigenvalue weighted by Crippen LogP contribution is -2.16. The van der Waals surface area contributed by atoms with Crippen molar-refractivity contribution in [2.45, 2.75) is 11.5 Å². The highest BCUT2D eigenvalue weighted by atomic mass is 32.2. The molecule has 0 spiro atoms. The van der Waals surface area contributed by atoms with Crippen molar-refractivity contribution in [3.8, 4) is 0 Å². The Morgan fingerprint density at radius 1 is 1.16 bits per heavy atom. The molecule has 0 aliphatic heterocycles. The molecule has 100 valence electrons. The molecule has 0 saturated heterocycles. The Labute approximate surface area is 109 Å². The van der Waals surface area contributed by atoms with Gasteiger partial charge >= 0.3 is 0 Å². The van der Waals surface area contributed by atoms with Gasteiger partial charge in [0.15, 0.2) is 0 Å². The lowest BCUT2D eigenvalue weighted by Gasteiger charge is -2.10. The molecule has 1 heterocycles. The molecule has 0 saturated carbocycles. The van der Waals surface area contributed by atoms with Crippen molar-refractivity contribution in [3.05, 3.63) is 58.5 Å². The number of aromatic nitrogens is 1. The van der Waals surface area contributed by atoms with Crippen LogP contribution in [-0.2, 0) is 16.6 Å². The van der Waals surface area contributed by atoms with E-state index in [2.05, 4.69) is 9.71 Å². The quantitative estimate of drug-likeness (QED) is 0.766. The number of hydrogen-bond acceptors (Lipinski definition) is 4. The summed E-state index contributed by atoms with van der Waals surface area (Å²) in [5.74, 6) is 0. The van der Waals surface area contributed by atoms with Crippen LogP contribution in [0.5, 0.6) is 0 Å². The van der Waals surface area contributed by atoms with Gasteiger partial charge in [0.1, 0.15) is 4.90 Å². The van der Waals surface area contributed by atoms with Gasteiger partial charge in [-0.1, -0.05) is 18.2 Å². The van der Waals surface area contributed by atoms with Crippen LogP contribution in [0.2, 0.25) is 0 Å². The van der Waals surface area contributed by atoms with Gasteiger partial charge in [-0.05, 0) is 12.1 Å². The van der Waals surface area contributed by atoms with E-state index >= 15 is 0 Å². The van der Waals surface area contributed by atoms with Crippen LogP contribution >= 0.6 is 0 Å². The molecule has 0 aliphatic carbocycles. The number of rotatable bonds is 4. The van der Waals surface area contributed by atoms with Crippen LogP contribution in [0.4, 0.5) is 5.69 Å². The molecule has 1 aromatic heterocycles. The van der Waals surface area contributed by atoms with E-state index in [1.807, 2.05) is 0 Å². The molecule has 0 radical (unpaired) electrons. The van der Waals surface area contributed by atoms with Gasteiger partial charge < -0.3 is 10.1 Å². The zero-order valence-corrected chi connectivity index (χ0v) is 10.6. The smallest absolute Gasteiger partial charge is 0.263 e. The number of anilines is 1. The van der Waals surface area contributed by atoms with E-state index in [-0.39, 0.29) is 17.1 Å². The molecular formula is C12H12N2O4S. The number of nitrogens with one attached hydrogen (secondary N) is 2. The molecule has 0 unspecified atom stereocenters. The monoisotopic (exact) mass is 280 g/mol. The first kappa shape index (κ1) is 13.3.